The lowest BCUT2D eigenvalue weighted by molar-refractivity contribution is -0.120. The molecule has 2 atom stereocenters. The Hall–Kier alpha value is -1.44. The van der Waals surface area contributed by atoms with Crippen LogP contribution in [0.15, 0.2) is 29.2 Å². The van der Waals surface area contributed by atoms with Gasteiger partial charge in [-0.2, -0.15) is 0 Å². The lowest BCUT2D eigenvalue weighted by Gasteiger charge is -2.15. The summed E-state index contributed by atoms with van der Waals surface area (Å²) in [5, 5.41) is 5.99. The number of benzene rings is 1. The van der Waals surface area contributed by atoms with Gasteiger partial charge in [-0.1, -0.05) is 6.07 Å². The average Bonchev–Trinajstić information content (AvgIpc) is 2.85. The molecule has 0 spiro atoms. The van der Waals surface area contributed by atoms with Gasteiger partial charge in [0.25, 0.3) is 0 Å². The number of carbonyl (C=O) groups is 1. The van der Waals surface area contributed by atoms with Crippen molar-refractivity contribution in [1.82, 2.24) is 10.0 Å². The summed E-state index contributed by atoms with van der Waals surface area (Å²) < 4.78 is 25.7. The monoisotopic (exact) mass is 297 g/mol. The van der Waals surface area contributed by atoms with Crippen LogP contribution in [0.1, 0.15) is 13.3 Å². The Balaban J connectivity index is 2.14. The predicted molar refractivity (Wildman–Crippen MR) is 76.9 cm³/mol. The number of amides is 1. The fraction of sp³-hybridized carbons (Fsp3) is 0.462. The van der Waals surface area contributed by atoms with E-state index in [0.717, 1.165) is 13.0 Å². The number of hydrogen-bond donors (Lipinski definition) is 3. The Labute approximate surface area is 119 Å². The molecule has 1 fully saturated rings. The van der Waals surface area contributed by atoms with Crippen LogP contribution in [-0.4, -0.2) is 34.0 Å². The molecule has 7 heteroatoms. The van der Waals surface area contributed by atoms with Gasteiger partial charge < -0.3 is 10.6 Å². The van der Waals surface area contributed by atoms with Gasteiger partial charge in [-0.15, -0.1) is 0 Å². The van der Waals surface area contributed by atoms with Crippen molar-refractivity contribution in [1.29, 1.82) is 0 Å². The van der Waals surface area contributed by atoms with E-state index in [1.165, 1.54) is 19.2 Å². The van der Waals surface area contributed by atoms with Crippen molar-refractivity contribution in [2.75, 3.05) is 18.9 Å². The molecule has 1 aromatic rings. The van der Waals surface area contributed by atoms with Gasteiger partial charge in [0.2, 0.25) is 15.9 Å². The number of carbonyl (C=O) groups excluding carboxylic acids is 1. The molecule has 0 radical (unpaired) electrons. The van der Waals surface area contributed by atoms with E-state index in [0.29, 0.717) is 5.69 Å². The molecule has 1 saturated heterocycles. The number of rotatable bonds is 4. The first-order valence-electron chi connectivity index (χ1n) is 6.52. The van der Waals surface area contributed by atoms with Gasteiger partial charge >= 0.3 is 0 Å². The summed E-state index contributed by atoms with van der Waals surface area (Å²) >= 11 is 0. The van der Waals surface area contributed by atoms with Gasteiger partial charge in [-0.25, -0.2) is 13.1 Å². The van der Waals surface area contributed by atoms with E-state index < -0.39 is 10.0 Å². The normalized spacial score (nSPS) is 22.7. The number of hydrogen-bond acceptors (Lipinski definition) is 4. The van der Waals surface area contributed by atoms with Crippen LogP contribution >= 0.6 is 0 Å². The molecule has 3 N–H and O–H groups in total. The molecule has 1 aliphatic heterocycles. The summed E-state index contributed by atoms with van der Waals surface area (Å²) in [6.07, 6.45) is 0.793. The fourth-order valence-corrected chi connectivity index (χ4v) is 3.09. The van der Waals surface area contributed by atoms with E-state index in [4.69, 9.17) is 0 Å². The largest absolute Gasteiger partial charge is 0.326 e. The zero-order valence-electron chi connectivity index (χ0n) is 11.5. The van der Waals surface area contributed by atoms with Crippen molar-refractivity contribution in [3.8, 4) is 0 Å². The summed E-state index contributed by atoms with van der Waals surface area (Å²) in [4.78, 5) is 12.3. The van der Waals surface area contributed by atoms with E-state index in [2.05, 4.69) is 15.4 Å². The van der Waals surface area contributed by atoms with Gasteiger partial charge in [0.05, 0.1) is 10.8 Å². The highest BCUT2D eigenvalue weighted by Gasteiger charge is 2.29. The summed E-state index contributed by atoms with van der Waals surface area (Å²) in [7, 11) is -2.15. The molecule has 6 nitrogen and oxygen atoms in total. The van der Waals surface area contributed by atoms with Crippen molar-refractivity contribution in [2.24, 2.45) is 5.92 Å². The minimum absolute atomic E-state index is 0.0819. The van der Waals surface area contributed by atoms with Crippen LogP contribution in [0, 0.1) is 5.92 Å². The molecule has 0 aromatic heterocycles. The van der Waals surface area contributed by atoms with Crippen LogP contribution < -0.4 is 15.4 Å². The molecule has 1 amide bonds. The van der Waals surface area contributed by atoms with Crippen molar-refractivity contribution in [3.05, 3.63) is 24.3 Å². The Morgan fingerprint density at radius 3 is 2.75 bits per heavy atom. The predicted octanol–water partition coefficient (Wildman–Crippen LogP) is 0.531. The maximum Gasteiger partial charge on any atom is 0.240 e. The summed E-state index contributed by atoms with van der Waals surface area (Å²) in [6, 6.07) is 6.37. The van der Waals surface area contributed by atoms with Gasteiger partial charge in [-0.05, 0) is 45.1 Å². The van der Waals surface area contributed by atoms with E-state index in [1.807, 2.05) is 6.92 Å². The number of sulfonamides is 1. The van der Waals surface area contributed by atoms with Gasteiger partial charge in [-0.3, -0.25) is 4.79 Å². The van der Waals surface area contributed by atoms with Gasteiger partial charge in [0.1, 0.15) is 0 Å². The fourth-order valence-electron chi connectivity index (χ4n) is 2.31. The highest BCUT2D eigenvalue weighted by atomic mass is 32.2. The first-order valence-corrected chi connectivity index (χ1v) is 8.00. The Kier molecular flexibility index (Phi) is 4.42. The van der Waals surface area contributed by atoms with Crippen LogP contribution in [0.4, 0.5) is 5.69 Å². The zero-order valence-corrected chi connectivity index (χ0v) is 12.3. The van der Waals surface area contributed by atoms with Gasteiger partial charge in [0.15, 0.2) is 0 Å². The lowest BCUT2D eigenvalue weighted by atomic mass is 10.0. The average molecular weight is 297 g/mol. The molecule has 0 aliphatic carbocycles. The summed E-state index contributed by atoms with van der Waals surface area (Å²) in [6.45, 7) is 2.80. The Bertz CT molecular complexity index is 601. The maximum atomic E-state index is 12.1. The number of nitrogens with one attached hydrogen (secondary N) is 3. The van der Waals surface area contributed by atoms with Crippen molar-refractivity contribution in [2.45, 2.75) is 24.3 Å². The molecule has 1 aliphatic rings. The highest BCUT2D eigenvalue weighted by Crippen LogP contribution is 2.20. The molecule has 2 unspecified atom stereocenters. The third-order valence-electron chi connectivity index (χ3n) is 3.54. The van der Waals surface area contributed by atoms with Crippen LogP contribution in [0.3, 0.4) is 0 Å². The van der Waals surface area contributed by atoms with Crippen molar-refractivity contribution >= 4 is 21.6 Å². The highest BCUT2D eigenvalue weighted by molar-refractivity contribution is 7.89. The van der Waals surface area contributed by atoms with Crippen molar-refractivity contribution < 1.29 is 13.2 Å². The van der Waals surface area contributed by atoms with Crippen LogP contribution in [0.2, 0.25) is 0 Å². The summed E-state index contributed by atoms with van der Waals surface area (Å²) in [5.74, 6) is -0.166. The van der Waals surface area contributed by atoms with Crippen molar-refractivity contribution in [3.63, 3.8) is 0 Å². The number of anilines is 1. The standard InChI is InChI=1S/C13H19N3O3S/c1-9-12(6-7-15-9)13(17)16-10-4-3-5-11(8-10)20(18,19)14-2/h3-5,8-9,12,14-15H,6-7H2,1-2H3,(H,16,17). The second-order valence-corrected chi connectivity index (χ2v) is 6.75. The zero-order chi connectivity index (χ0) is 14.8. The van der Waals surface area contributed by atoms with E-state index in [-0.39, 0.29) is 22.8 Å². The smallest absolute Gasteiger partial charge is 0.240 e. The molecular formula is C13H19N3O3S. The minimum Gasteiger partial charge on any atom is -0.326 e. The third-order valence-corrected chi connectivity index (χ3v) is 4.95. The second-order valence-electron chi connectivity index (χ2n) is 4.86. The maximum absolute atomic E-state index is 12.1. The Morgan fingerprint density at radius 2 is 2.15 bits per heavy atom. The van der Waals surface area contributed by atoms with E-state index >= 15 is 0 Å². The molecule has 0 saturated carbocycles. The lowest BCUT2D eigenvalue weighted by Crippen LogP contribution is -2.32. The first-order chi connectivity index (χ1) is 9.44. The van der Waals surface area contributed by atoms with Crippen LogP contribution in [0.5, 0.6) is 0 Å². The first kappa shape index (κ1) is 15.0. The second kappa shape index (κ2) is 5.90. The SMILES string of the molecule is CNS(=O)(=O)c1cccc(NC(=O)C2CCNC2C)c1. The van der Waals surface area contributed by atoms with E-state index in [1.54, 1.807) is 12.1 Å². The van der Waals surface area contributed by atoms with E-state index in [9.17, 15) is 13.2 Å². The minimum atomic E-state index is -3.50. The molecule has 20 heavy (non-hydrogen) atoms. The quantitative estimate of drug-likeness (QED) is 0.756. The Morgan fingerprint density at radius 1 is 1.40 bits per heavy atom. The molecule has 1 aromatic carbocycles. The topological polar surface area (TPSA) is 87.3 Å². The third kappa shape index (κ3) is 3.17. The molecule has 110 valence electrons. The van der Waals surface area contributed by atoms with Crippen LogP contribution in [0.25, 0.3) is 0 Å². The van der Waals surface area contributed by atoms with Gasteiger partial charge in [0, 0.05) is 11.7 Å². The summed E-state index contributed by atoms with van der Waals surface area (Å²) in [5.41, 5.74) is 0.491. The molecular weight excluding hydrogens is 278 g/mol. The molecule has 2 rings (SSSR count). The molecule has 0 bridgehead atoms. The van der Waals surface area contributed by atoms with Crippen LogP contribution in [-0.2, 0) is 14.8 Å². The molecule has 1 heterocycles.